The highest BCUT2D eigenvalue weighted by molar-refractivity contribution is 7.80. The summed E-state index contributed by atoms with van der Waals surface area (Å²) < 4.78 is 0. The van der Waals surface area contributed by atoms with Crippen LogP contribution in [0.1, 0.15) is 5.69 Å². The second kappa shape index (κ2) is 2.66. The molecule has 0 amide bonds. The molecule has 1 aromatic heterocycles. The van der Waals surface area contributed by atoms with Gasteiger partial charge >= 0.3 is 0 Å². The quantitative estimate of drug-likeness (QED) is 0.514. The van der Waals surface area contributed by atoms with E-state index in [1.165, 1.54) is 0 Å². The Balaban J connectivity index is 2.74. The average Bonchev–Trinajstić information content (AvgIpc) is 2.15. The number of nitrogens with two attached hydrogens (primary N) is 1. The van der Waals surface area contributed by atoms with E-state index in [1.807, 2.05) is 6.92 Å². The lowest BCUT2D eigenvalue weighted by molar-refractivity contribution is 1.25. The Hall–Kier alpha value is -1.10. The van der Waals surface area contributed by atoms with Gasteiger partial charge in [-0.1, -0.05) is 0 Å². The first-order chi connectivity index (χ1) is 4.70. The van der Waals surface area contributed by atoms with Crippen molar-refractivity contribution in [2.45, 2.75) is 6.92 Å². The predicted molar refractivity (Wildman–Crippen MR) is 43.7 cm³/mol. The summed E-state index contributed by atoms with van der Waals surface area (Å²) in [6.45, 7) is 1.88. The molecule has 54 valence electrons. The van der Waals surface area contributed by atoms with Crippen LogP contribution < -0.4 is 11.1 Å². The van der Waals surface area contributed by atoms with Crippen LogP contribution >= 0.6 is 12.2 Å². The number of nitrogens with zero attached hydrogens (tertiary/aromatic N) is 1. The van der Waals surface area contributed by atoms with Crippen LogP contribution in [-0.2, 0) is 0 Å². The van der Waals surface area contributed by atoms with Crippen LogP contribution in [0.2, 0.25) is 0 Å². The van der Waals surface area contributed by atoms with Crippen molar-refractivity contribution in [1.29, 1.82) is 0 Å². The molecule has 10 heavy (non-hydrogen) atoms. The number of thiocarbonyl (C=S) groups is 1. The van der Waals surface area contributed by atoms with Gasteiger partial charge in [-0.2, -0.15) is 0 Å². The maximum atomic E-state index is 5.22. The lowest BCUT2D eigenvalue weighted by Crippen LogP contribution is -2.19. The smallest absolute Gasteiger partial charge is 0.169 e. The Morgan fingerprint density at radius 3 is 3.00 bits per heavy atom. The van der Waals surface area contributed by atoms with Crippen LogP contribution in [0.5, 0.6) is 0 Å². The van der Waals surface area contributed by atoms with E-state index in [2.05, 4.69) is 27.5 Å². The molecular weight excluding hydrogens is 148 g/mol. The average molecular weight is 156 g/mol. The standard InChI is InChI=1S/C5H8N4S/c1-3-4(8-2-7-3)9-5(6)10/h2H,1H3,(H,7,8)(H3,6,9,10). The fourth-order valence-electron chi connectivity index (χ4n) is 0.602. The van der Waals surface area contributed by atoms with Crippen LogP contribution in [0.3, 0.4) is 0 Å². The molecule has 0 aliphatic heterocycles. The van der Waals surface area contributed by atoms with Gasteiger partial charge in [0.05, 0.1) is 12.0 Å². The normalized spacial score (nSPS) is 9.30. The minimum atomic E-state index is 0.232. The van der Waals surface area contributed by atoms with Gasteiger partial charge in [-0.25, -0.2) is 4.98 Å². The fourth-order valence-corrected chi connectivity index (χ4v) is 0.698. The highest BCUT2D eigenvalue weighted by atomic mass is 32.1. The number of anilines is 1. The molecule has 1 rings (SSSR count). The zero-order valence-electron chi connectivity index (χ0n) is 5.51. The van der Waals surface area contributed by atoms with E-state index in [0.29, 0.717) is 5.82 Å². The van der Waals surface area contributed by atoms with Gasteiger partial charge in [-0.05, 0) is 19.1 Å². The molecule has 5 heteroatoms. The zero-order valence-corrected chi connectivity index (χ0v) is 6.33. The van der Waals surface area contributed by atoms with Crippen molar-refractivity contribution >= 4 is 23.1 Å². The van der Waals surface area contributed by atoms with E-state index in [1.54, 1.807) is 6.33 Å². The third-order valence-corrected chi connectivity index (χ3v) is 1.17. The lowest BCUT2D eigenvalue weighted by atomic mass is 10.5. The van der Waals surface area contributed by atoms with Crippen LogP contribution in [0.4, 0.5) is 5.82 Å². The molecule has 0 saturated heterocycles. The van der Waals surface area contributed by atoms with Crippen LogP contribution in [0.25, 0.3) is 0 Å². The number of H-pyrrole nitrogens is 1. The predicted octanol–water partition coefficient (Wildman–Crippen LogP) is 0.374. The van der Waals surface area contributed by atoms with Gasteiger partial charge in [0.1, 0.15) is 0 Å². The minimum Gasteiger partial charge on any atom is -0.376 e. The Bertz CT molecular complexity index is 242. The number of hydrogen-bond acceptors (Lipinski definition) is 2. The molecule has 4 N–H and O–H groups in total. The number of hydrogen-bond donors (Lipinski definition) is 3. The fraction of sp³-hybridized carbons (Fsp3) is 0.200. The summed E-state index contributed by atoms with van der Waals surface area (Å²) in [6, 6.07) is 0. The molecule has 0 aromatic carbocycles. The van der Waals surface area contributed by atoms with Crippen molar-refractivity contribution in [3.63, 3.8) is 0 Å². The number of aromatic nitrogens is 2. The SMILES string of the molecule is Cc1[nH]cnc1NC(N)=S. The van der Waals surface area contributed by atoms with Gasteiger partial charge in [0.2, 0.25) is 0 Å². The van der Waals surface area contributed by atoms with Gasteiger partial charge < -0.3 is 16.0 Å². The molecule has 0 spiro atoms. The number of imidazole rings is 1. The molecule has 0 unspecified atom stereocenters. The van der Waals surface area contributed by atoms with Gasteiger partial charge in [-0.15, -0.1) is 0 Å². The van der Waals surface area contributed by atoms with E-state index in [-0.39, 0.29) is 5.11 Å². The third-order valence-electron chi connectivity index (χ3n) is 1.07. The molecule has 0 aliphatic carbocycles. The largest absolute Gasteiger partial charge is 0.376 e. The highest BCUT2D eigenvalue weighted by Crippen LogP contribution is 2.05. The molecule has 1 heterocycles. The topological polar surface area (TPSA) is 66.7 Å². The first-order valence-electron chi connectivity index (χ1n) is 2.76. The van der Waals surface area contributed by atoms with E-state index in [0.717, 1.165) is 5.69 Å². The van der Waals surface area contributed by atoms with E-state index < -0.39 is 0 Å². The second-order valence-corrected chi connectivity index (χ2v) is 2.31. The summed E-state index contributed by atoms with van der Waals surface area (Å²) >= 11 is 4.62. The summed E-state index contributed by atoms with van der Waals surface area (Å²) in [4.78, 5) is 6.81. The number of nitrogens with one attached hydrogen (secondary N) is 2. The molecule has 4 nitrogen and oxygen atoms in total. The van der Waals surface area contributed by atoms with E-state index in [9.17, 15) is 0 Å². The maximum absolute atomic E-state index is 5.22. The summed E-state index contributed by atoms with van der Waals surface area (Å²) in [6.07, 6.45) is 1.58. The summed E-state index contributed by atoms with van der Waals surface area (Å²) in [5.74, 6) is 0.688. The van der Waals surface area contributed by atoms with Crippen molar-refractivity contribution in [2.24, 2.45) is 5.73 Å². The van der Waals surface area contributed by atoms with Crippen LogP contribution in [0.15, 0.2) is 6.33 Å². The minimum absolute atomic E-state index is 0.232. The zero-order chi connectivity index (χ0) is 7.56. The molecule has 0 fully saturated rings. The molecule has 0 saturated carbocycles. The van der Waals surface area contributed by atoms with Crippen molar-refractivity contribution in [3.8, 4) is 0 Å². The molecule has 0 radical (unpaired) electrons. The Morgan fingerprint density at radius 2 is 2.60 bits per heavy atom. The van der Waals surface area contributed by atoms with E-state index >= 15 is 0 Å². The first-order valence-corrected chi connectivity index (χ1v) is 3.17. The molecule has 0 atom stereocenters. The van der Waals surface area contributed by atoms with Crippen molar-refractivity contribution < 1.29 is 0 Å². The van der Waals surface area contributed by atoms with Crippen LogP contribution in [-0.4, -0.2) is 15.1 Å². The Labute approximate surface area is 63.8 Å². The van der Waals surface area contributed by atoms with Crippen LogP contribution in [0, 0.1) is 6.92 Å². The van der Waals surface area contributed by atoms with Gasteiger partial charge in [0, 0.05) is 0 Å². The van der Waals surface area contributed by atoms with Gasteiger partial charge in [-0.3, -0.25) is 0 Å². The van der Waals surface area contributed by atoms with Crippen molar-refractivity contribution in [3.05, 3.63) is 12.0 Å². The maximum Gasteiger partial charge on any atom is 0.169 e. The van der Waals surface area contributed by atoms with Crippen molar-refractivity contribution in [2.75, 3.05) is 5.32 Å². The first kappa shape index (κ1) is 7.01. The monoisotopic (exact) mass is 156 g/mol. The van der Waals surface area contributed by atoms with Gasteiger partial charge in [0.25, 0.3) is 0 Å². The Kier molecular flexibility index (Phi) is 1.86. The molecule has 0 bridgehead atoms. The van der Waals surface area contributed by atoms with E-state index in [4.69, 9.17) is 5.73 Å². The molecule has 0 aliphatic rings. The number of rotatable bonds is 1. The number of aromatic amines is 1. The summed E-state index contributed by atoms with van der Waals surface area (Å²) in [7, 11) is 0. The third kappa shape index (κ3) is 1.44. The Morgan fingerprint density at radius 1 is 1.90 bits per heavy atom. The van der Waals surface area contributed by atoms with Gasteiger partial charge in [0.15, 0.2) is 10.9 Å². The molecular formula is C5H8N4S. The highest BCUT2D eigenvalue weighted by Gasteiger charge is 1.98. The summed E-state index contributed by atoms with van der Waals surface area (Å²) in [5, 5.41) is 2.95. The van der Waals surface area contributed by atoms with Crippen molar-refractivity contribution in [1.82, 2.24) is 9.97 Å². The summed E-state index contributed by atoms with van der Waals surface area (Å²) in [5.41, 5.74) is 6.14. The molecule has 1 aromatic rings. The number of aryl methyl sites for hydroxylation is 1. The second-order valence-electron chi connectivity index (χ2n) is 1.87. The lowest BCUT2D eigenvalue weighted by Gasteiger charge is -1.98.